The van der Waals surface area contributed by atoms with E-state index in [9.17, 15) is 14.4 Å². The molecule has 0 unspecified atom stereocenters. The number of amides is 3. The lowest BCUT2D eigenvalue weighted by Gasteiger charge is -2.07. The summed E-state index contributed by atoms with van der Waals surface area (Å²) in [6, 6.07) is 12.5. The summed E-state index contributed by atoms with van der Waals surface area (Å²) in [4.78, 5) is 36.3. The standard InChI is InChI=1S/C17H14N2O3S/c1-23-12-5-2-10(3-6-12)8-15(20)18-11-4-7-13-14(9-11)17(22)19-16(13)21/h2-7,9H,8H2,1H3,(H,18,20)(H,19,21,22). The quantitative estimate of drug-likeness (QED) is 0.668. The van der Waals surface area contributed by atoms with Crippen molar-refractivity contribution in [2.75, 3.05) is 11.6 Å². The van der Waals surface area contributed by atoms with E-state index in [1.807, 2.05) is 30.5 Å². The molecule has 116 valence electrons. The lowest BCUT2D eigenvalue weighted by Crippen LogP contribution is -2.19. The van der Waals surface area contributed by atoms with Crippen LogP contribution >= 0.6 is 11.8 Å². The van der Waals surface area contributed by atoms with Gasteiger partial charge in [0.25, 0.3) is 11.8 Å². The topological polar surface area (TPSA) is 75.3 Å². The minimum atomic E-state index is -0.436. The Labute approximate surface area is 137 Å². The number of benzene rings is 2. The summed E-state index contributed by atoms with van der Waals surface area (Å²) in [6.07, 6.45) is 2.24. The van der Waals surface area contributed by atoms with E-state index in [1.54, 1.807) is 23.9 Å². The number of hydrogen-bond acceptors (Lipinski definition) is 4. The molecule has 0 atom stereocenters. The zero-order valence-corrected chi connectivity index (χ0v) is 13.2. The maximum Gasteiger partial charge on any atom is 0.259 e. The predicted molar refractivity (Wildman–Crippen MR) is 88.8 cm³/mol. The molecular formula is C17H14N2O3S. The van der Waals surface area contributed by atoms with Crippen molar-refractivity contribution in [2.45, 2.75) is 11.3 Å². The van der Waals surface area contributed by atoms with Crippen LogP contribution < -0.4 is 10.6 Å². The van der Waals surface area contributed by atoms with Crippen LogP contribution in [0.4, 0.5) is 5.69 Å². The van der Waals surface area contributed by atoms with E-state index < -0.39 is 11.8 Å². The summed E-state index contributed by atoms with van der Waals surface area (Å²) >= 11 is 1.64. The van der Waals surface area contributed by atoms with Crippen LogP contribution in [0.2, 0.25) is 0 Å². The number of carbonyl (C=O) groups is 3. The third-order valence-corrected chi connectivity index (χ3v) is 4.29. The molecule has 0 fully saturated rings. The zero-order chi connectivity index (χ0) is 16.4. The smallest absolute Gasteiger partial charge is 0.259 e. The van der Waals surface area contributed by atoms with Gasteiger partial charge in [-0.05, 0) is 42.2 Å². The van der Waals surface area contributed by atoms with E-state index >= 15 is 0 Å². The summed E-state index contributed by atoms with van der Waals surface area (Å²) < 4.78 is 0. The van der Waals surface area contributed by atoms with Crippen molar-refractivity contribution in [3.63, 3.8) is 0 Å². The van der Waals surface area contributed by atoms with Gasteiger partial charge in [-0.15, -0.1) is 11.8 Å². The fourth-order valence-electron chi connectivity index (χ4n) is 2.38. The second-order valence-corrected chi connectivity index (χ2v) is 6.00. The van der Waals surface area contributed by atoms with Crippen molar-refractivity contribution >= 4 is 35.2 Å². The van der Waals surface area contributed by atoms with Crippen LogP contribution in [0, 0.1) is 0 Å². The molecule has 3 rings (SSSR count). The van der Waals surface area contributed by atoms with Gasteiger partial charge in [-0.25, -0.2) is 0 Å². The highest BCUT2D eigenvalue weighted by Crippen LogP contribution is 2.20. The highest BCUT2D eigenvalue weighted by atomic mass is 32.2. The third kappa shape index (κ3) is 3.27. The SMILES string of the molecule is CSc1ccc(CC(=O)Nc2ccc3c(c2)C(=O)NC3=O)cc1. The Morgan fingerprint density at radius 3 is 2.43 bits per heavy atom. The fourth-order valence-corrected chi connectivity index (χ4v) is 2.79. The largest absolute Gasteiger partial charge is 0.326 e. The Bertz CT molecular complexity index is 800. The molecule has 1 aliphatic heterocycles. The molecule has 2 N–H and O–H groups in total. The lowest BCUT2D eigenvalue weighted by molar-refractivity contribution is -0.115. The van der Waals surface area contributed by atoms with Crippen LogP contribution in [0.25, 0.3) is 0 Å². The van der Waals surface area contributed by atoms with Gasteiger partial charge in [0.15, 0.2) is 0 Å². The van der Waals surface area contributed by atoms with Gasteiger partial charge in [0, 0.05) is 10.6 Å². The van der Waals surface area contributed by atoms with Crippen molar-refractivity contribution in [1.82, 2.24) is 5.32 Å². The van der Waals surface area contributed by atoms with Crippen molar-refractivity contribution < 1.29 is 14.4 Å². The summed E-state index contributed by atoms with van der Waals surface area (Å²) in [5, 5.41) is 4.97. The van der Waals surface area contributed by atoms with E-state index in [-0.39, 0.29) is 17.9 Å². The third-order valence-electron chi connectivity index (χ3n) is 3.54. The minimum Gasteiger partial charge on any atom is -0.326 e. The highest BCUT2D eigenvalue weighted by molar-refractivity contribution is 7.98. The van der Waals surface area contributed by atoms with E-state index in [2.05, 4.69) is 10.6 Å². The Balaban J connectivity index is 1.69. The summed E-state index contributed by atoms with van der Waals surface area (Å²) in [5.41, 5.74) is 2.03. The van der Waals surface area contributed by atoms with E-state index in [0.29, 0.717) is 11.3 Å². The monoisotopic (exact) mass is 326 g/mol. The Morgan fingerprint density at radius 1 is 1.04 bits per heavy atom. The lowest BCUT2D eigenvalue weighted by atomic mass is 10.1. The van der Waals surface area contributed by atoms with E-state index in [1.165, 1.54) is 6.07 Å². The molecule has 23 heavy (non-hydrogen) atoms. The van der Waals surface area contributed by atoms with Crippen molar-refractivity contribution in [1.29, 1.82) is 0 Å². The van der Waals surface area contributed by atoms with Crippen LogP contribution in [0.3, 0.4) is 0 Å². The Kier molecular flexibility index (Phi) is 4.16. The van der Waals surface area contributed by atoms with Crippen LogP contribution in [-0.2, 0) is 11.2 Å². The van der Waals surface area contributed by atoms with Gasteiger partial charge in [-0.2, -0.15) is 0 Å². The molecule has 1 aliphatic rings. The van der Waals surface area contributed by atoms with Gasteiger partial charge in [-0.1, -0.05) is 12.1 Å². The molecule has 0 aromatic heterocycles. The second-order valence-electron chi connectivity index (χ2n) is 5.12. The number of thioether (sulfide) groups is 1. The Morgan fingerprint density at radius 2 is 1.74 bits per heavy atom. The average molecular weight is 326 g/mol. The summed E-state index contributed by atoms with van der Waals surface area (Å²) in [6.45, 7) is 0. The molecule has 0 saturated heterocycles. The number of carbonyl (C=O) groups excluding carboxylic acids is 3. The van der Waals surface area contributed by atoms with Gasteiger partial charge in [0.2, 0.25) is 5.91 Å². The van der Waals surface area contributed by atoms with Gasteiger partial charge in [-0.3, -0.25) is 19.7 Å². The van der Waals surface area contributed by atoms with E-state index in [4.69, 9.17) is 0 Å². The molecule has 0 saturated carbocycles. The van der Waals surface area contributed by atoms with Crippen molar-refractivity contribution in [3.8, 4) is 0 Å². The average Bonchev–Trinajstić information content (AvgIpc) is 2.82. The molecular weight excluding hydrogens is 312 g/mol. The molecule has 0 radical (unpaired) electrons. The first-order valence-corrected chi connectivity index (χ1v) is 8.22. The molecule has 5 nitrogen and oxygen atoms in total. The number of nitrogens with one attached hydrogen (secondary N) is 2. The maximum atomic E-state index is 12.1. The van der Waals surface area contributed by atoms with Crippen molar-refractivity contribution in [3.05, 3.63) is 59.2 Å². The number of imide groups is 1. The first-order valence-electron chi connectivity index (χ1n) is 6.99. The van der Waals surface area contributed by atoms with Crippen LogP contribution in [0.1, 0.15) is 26.3 Å². The fraction of sp³-hybridized carbons (Fsp3) is 0.118. The minimum absolute atomic E-state index is 0.174. The summed E-state index contributed by atoms with van der Waals surface area (Å²) in [5.74, 6) is -1.02. The van der Waals surface area contributed by atoms with Gasteiger partial charge in [0.05, 0.1) is 17.5 Å². The van der Waals surface area contributed by atoms with E-state index in [0.717, 1.165) is 10.5 Å². The predicted octanol–water partition coefficient (Wildman–Crippen LogP) is 2.47. The first kappa shape index (κ1) is 15.3. The van der Waals surface area contributed by atoms with Crippen molar-refractivity contribution in [2.24, 2.45) is 0 Å². The molecule has 0 spiro atoms. The summed E-state index contributed by atoms with van der Waals surface area (Å²) in [7, 11) is 0. The maximum absolute atomic E-state index is 12.1. The zero-order valence-electron chi connectivity index (χ0n) is 12.4. The van der Waals surface area contributed by atoms with Gasteiger partial charge in [0.1, 0.15) is 0 Å². The molecule has 2 aromatic rings. The molecule has 2 aromatic carbocycles. The normalized spacial score (nSPS) is 12.7. The highest BCUT2D eigenvalue weighted by Gasteiger charge is 2.26. The van der Waals surface area contributed by atoms with Crippen LogP contribution in [0.15, 0.2) is 47.4 Å². The molecule has 1 heterocycles. The van der Waals surface area contributed by atoms with Crippen LogP contribution in [0.5, 0.6) is 0 Å². The number of anilines is 1. The molecule has 6 heteroatoms. The number of fused-ring (bicyclic) bond motifs is 1. The second kappa shape index (κ2) is 6.26. The molecule has 0 aliphatic carbocycles. The van der Waals surface area contributed by atoms with Gasteiger partial charge < -0.3 is 5.32 Å². The molecule has 3 amide bonds. The van der Waals surface area contributed by atoms with Crippen LogP contribution in [-0.4, -0.2) is 24.0 Å². The molecule has 0 bridgehead atoms. The Hall–Kier alpha value is -2.60. The van der Waals surface area contributed by atoms with Gasteiger partial charge >= 0.3 is 0 Å². The number of hydrogen-bond donors (Lipinski definition) is 2. The number of rotatable bonds is 4. The first-order chi connectivity index (χ1) is 11.1.